The second kappa shape index (κ2) is 8.42. The lowest BCUT2D eigenvalue weighted by Gasteiger charge is -2.25. The van der Waals surface area contributed by atoms with Gasteiger partial charge < -0.3 is 9.64 Å². The van der Waals surface area contributed by atoms with Crippen molar-refractivity contribution in [2.75, 3.05) is 18.0 Å². The molecule has 0 saturated carbocycles. The normalized spacial score (nSPS) is 21.5. The molecule has 1 aromatic carbocycles. The SMILES string of the molecule is CCCCC(C)NS(=O)(=O)c1cc2ccccc2nc1N1C[C@@H]2OCc3cnnn3[C@H]2C1. The highest BCUT2D eigenvalue weighted by Crippen LogP contribution is 2.36. The van der Waals surface area contributed by atoms with Crippen molar-refractivity contribution in [3.05, 3.63) is 42.2 Å². The molecule has 0 amide bonds. The van der Waals surface area contributed by atoms with Crippen molar-refractivity contribution in [2.45, 2.75) is 62.8 Å². The summed E-state index contributed by atoms with van der Waals surface area (Å²) in [6.07, 6.45) is 4.41. The number of rotatable bonds is 7. The van der Waals surface area contributed by atoms with Crippen molar-refractivity contribution >= 4 is 26.7 Å². The van der Waals surface area contributed by atoms with Gasteiger partial charge in [-0.1, -0.05) is 43.2 Å². The summed E-state index contributed by atoms with van der Waals surface area (Å²) >= 11 is 0. The summed E-state index contributed by atoms with van der Waals surface area (Å²) in [5, 5.41) is 9.03. The third-order valence-corrected chi connectivity index (χ3v) is 7.84. The molecule has 2 aromatic heterocycles. The van der Waals surface area contributed by atoms with Gasteiger partial charge in [0.15, 0.2) is 0 Å². The Morgan fingerprint density at radius 1 is 1.28 bits per heavy atom. The highest BCUT2D eigenvalue weighted by atomic mass is 32.2. The standard InChI is InChI=1S/C22H28N6O3S/c1-3-4-7-15(2)25-32(29,30)21-10-16-8-5-6-9-18(16)24-22(21)27-12-19-20(13-27)31-14-17-11-23-26-28(17)19/h5-6,8-11,15,19-20,25H,3-4,7,12-14H2,1-2H3/t15?,19-,20-/m0/s1. The Kier molecular flexibility index (Phi) is 5.60. The molecule has 0 aliphatic carbocycles. The summed E-state index contributed by atoms with van der Waals surface area (Å²) in [7, 11) is -3.76. The fourth-order valence-electron chi connectivity index (χ4n) is 4.58. The number of nitrogens with one attached hydrogen (secondary N) is 1. The highest BCUT2D eigenvalue weighted by Gasteiger charge is 2.41. The van der Waals surface area contributed by atoms with E-state index in [1.54, 1.807) is 12.3 Å². The van der Waals surface area contributed by atoms with E-state index >= 15 is 0 Å². The summed E-state index contributed by atoms with van der Waals surface area (Å²) in [6.45, 7) is 5.56. The lowest BCUT2D eigenvalue weighted by atomic mass is 10.2. The number of aromatic nitrogens is 4. The van der Waals surface area contributed by atoms with Gasteiger partial charge in [-0.2, -0.15) is 0 Å². The lowest BCUT2D eigenvalue weighted by molar-refractivity contribution is -0.00254. The summed E-state index contributed by atoms with van der Waals surface area (Å²) in [4.78, 5) is 7.01. The lowest BCUT2D eigenvalue weighted by Crippen LogP contribution is -2.34. The van der Waals surface area contributed by atoms with E-state index in [4.69, 9.17) is 9.72 Å². The summed E-state index contributed by atoms with van der Waals surface area (Å²) in [5.41, 5.74) is 1.69. The average molecular weight is 457 g/mol. The Morgan fingerprint density at radius 3 is 2.97 bits per heavy atom. The van der Waals surface area contributed by atoms with Crippen LogP contribution >= 0.6 is 0 Å². The Balaban J connectivity index is 1.53. The zero-order valence-electron chi connectivity index (χ0n) is 18.3. The molecule has 0 bridgehead atoms. The minimum Gasteiger partial charge on any atom is -0.368 e. The second-order valence-electron chi connectivity index (χ2n) is 8.66. The Hall–Kier alpha value is -2.56. The zero-order valence-corrected chi connectivity index (χ0v) is 19.1. The fraction of sp³-hybridized carbons (Fsp3) is 0.500. The molecule has 3 atom stereocenters. The molecular weight excluding hydrogens is 428 g/mol. The monoisotopic (exact) mass is 456 g/mol. The Bertz CT molecular complexity index is 1230. The van der Waals surface area contributed by atoms with Crippen LogP contribution in [-0.2, 0) is 21.4 Å². The summed E-state index contributed by atoms with van der Waals surface area (Å²) in [6, 6.07) is 9.15. The first-order valence-corrected chi connectivity index (χ1v) is 12.6. The molecule has 1 unspecified atom stereocenters. The van der Waals surface area contributed by atoms with Gasteiger partial charge in [0.2, 0.25) is 10.0 Å². The molecule has 9 nitrogen and oxygen atoms in total. The average Bonchev–Trinajstić information content (AvgIpc) is 3.43. The van der Waals surface area contributed by atoms with Crippen molar-refractivity contribution in [2.24, 2.45) is 0 Å². The topological polar surface area (TPSA) is 102 Å². The van der Waals surface area contributed by atoms with E-state index in [0.717, 1.165) is 35.9 Å². The molecule has 2 aliphatic rings. The Morgan fingerprint density at radius 2 is 2.12 bits per heavy atom. The van der Waals surface area contributed by atoms with E-state index in [9.17, 15) is 8.42 Å². The minimum atomic E-state index is -3.76. The molecule has 1 N–H and O–H groups in total. The smallest absolute Gasteiger partial charge is 0.244 e. The van der Waals surface area contributed by atoms with Crippen LogP contribution < -0.4 is 9.62 Å². The van der Waals surface area contributed by atoms with E-state index in [1.165, 1.54) is 0 Å². The van der Waals surface area contributed by atoms with Gasteiger partial charge in [-0.05, 0) is 25.5 Å². The maximum atomic E-state index is 13.5. The number of hydrogen-bond donors (Lipinski definition) is 1. The van der Waals surface area contributed by atoms with Crippen LogP contribution in [-0.4, -0.2) is 53.6 Å². The molecule has 2 aliphatic heterocycles. The number of nitrogens with zero attached hydrogens (tertiary/aromatic N) is 5. The minimum absolute atomic E-state index is 0.0264. The number of para-hydroxylation sites is 1. The van der Waals surface area contributed by atoms with Gasteiger partial charge in [0, 0.05) is 24.5 Å². The number of ether oxygens (including phenoxy) is 1. The van der Waals surface area contributed by atoms with Crippen LogP contribution in [0.15, 0.2) is 41.4 Å². The number of pyridine rings is 1. The molecule has 4 heterocycles. The molecule has 10 heteroatoms. The van der Waals surface area contributed by atoms with Crippen LogP contribution in [0.4, 0.5) is 5.82 Å². The molecule has 1 saturated heterocycles. The highest BCUT2D eigenvalue weighted by molar-refractivity contribution is 7.89. The number of unbranched alkanes of at least 4 members (excludes halogenated alkanes) is 1. The third-order valence-electron chi connectivity index (χ3n) is 6.25. The van der Waals surface area contributed by atoms with Gasteiger partial charge in [0.25, 0.3) is 0 Å². The van der Waals surface area contributed by atoms with Crippen molar-refractivity contribution in [3.8, 4) is 0 Å². The van der Waals surface area contributed by atoms with Crippen LogP contribution in [0.1, 0.15) is 44.8 Å². The number of sulfonamides is 1. The van der Waals surface area contributed by atoms with Crippen molar-refractivity contribution in [1.82, 2.24) is 24.7 Å². The third kappa shape index (κ3) is 3.87. The van der Waals surface area contributed by atoms with Crippen LogP contribution in [0, 0.1) is 0 Å². The van der Waals surface area contributed by atoms with Crippen LogP contribution in [0.25, 0.3) is 10.9 Å². The Labute approximate surface area is 187 Å². The summed E-state index contributed by atoms with van der Waals surface area (Å²) < 4.78 is 37.7. The van der Waals surface area contributed by atoms with E-state index in [-0.39, 0.29) is 23.1 Å². The molecule has 170 valence electrons. The van der Waals surface area contributed by atoms with E-state index < -0.39 is 10.0 Å². The maximum absolute atomic E-state index is 13.5. The fourth-order valence-corrected chi connectivity index (χ4v) is 6.05. The first-order valence-electron chi connectivity index (χ1n) is 11.1. The van der Waals surface area contributed by atoms with E-state index in [2.05, 4.69) is 22.0 Å². The van der Waals surface area contributed by atoms with E-state index in [1.807, 2.05) is 40.8 Å². The van der Waals surface area contributed by atoms with Gasteiger partial charge in [0.1, 0.15) is 10.7 Å². The molecule has 0 radical (unpaired) electrons. The van der Waals surface area contributed by atoms with E-state index in [0.29, 0.717) is 25.5 Å². The van der Waals surface area contributed by atoms with Crippen molar-refractivity contribution in [1.29, 1.82) is 0 Å². The zero-order chi connectivity index (χ0) is 22.3. The van der Waals surface area contributed by atoms with Crippen molar-refractivity contribution in [3.63, 3.8) is 0 Å². The quantitative estimate of drug-likeness (QED) is 0.583. The predicted molar refractivity (Wildman–Crippen MR) is 121 cm³/mol. The van der Waals surface area contributed by atoms with Gasteiger partial charge in [0.05, 0.1) is 36.2 Å². The van der Waals surface area contributed by atoms with Gasteiger partial charge in [-0.25, -0.2) is 22.8 Å². The maximum Gasteiger partial charge on any atom is 0.244 e. The van der Waals surface area contributed by atoms with Crippen LogP contribution in [0.2, 0.25) is 0 Å². The number of fused-ring (bicyclic) bond motifs is 4. The summed E-state index contributed by atoms with van der Waals surface area (Å²) in [5.74, 6) is 0.457. The molecular formula is C22H28N6O3S. The van der Waals surface area contributed by atoms with Crippen molar-refractivity contribution < 1.29 is 13.2 Å². The van der Waals surface area contributed by atoms with Crippen LogP contribution in [0.5, 0.6) is 0 Å². The van der Waals surface area contributed by atoms with Gasteiger partial charge >= 0.3 is 0 Å². The second-order valence-corrected chi connectivity index (χ2v) is 10.3. The largest absolute Gasteiger partial charge is 0.368 e. The molecule has 0 spiro atoms. The predicted octanol–water partition coefficient (Wildman–Crippen LogP) is 2.64. The van der Waals surface area contributed by atoms with Crippen LogP contribution in [0.3, 0.4) is 0 Å². The first kappa shape index (κ1) is 21.3. The number of benzene rings is 1. The molecule has 32 heavy (non-hydrogen) atoms. The molecule has 5 rings (SSSR count). The molecule has 3 aromatic rings. The van der Waals surface area contributed by atoms with Gasteiger partial charge in [-0.15, -0.1) is 5.10 Å². The molecule has 1 fully saturated rings. The first-order chi connectivity index (χ1) is 15.5. The van der Waals surface area contributed by atoms with Gasteiger partial charge in [-0.3, -0.25) is 0 Å². The number of hydrogen-bond acceptors (Lipinski definition) is 7. The number of anilines is 1.